The molecule has 1 fully saturated rings. The molecular formula is C31H23Cl2F6N3O4. The molecular weight excluding hydrogens is 663 g/mol. The van der Waals surface area contributed by atoms with E-state index >= 15 is 0 Å². The van der Waals surface area contributed by atoms with Crippen molar-refractivity contribution in [3.8, 4) is 0 Å². The number of carbonyl (C=O) groups is 4. The molecule has 15 heteroatoms. The number of alkyl halides is 6. The van der Waals surface area contributed by atoms with Gasteiger partial charge in [-0.2, -0.15) is 26.3 Å². The van der Waals surface area contributed by atoms with Gasteiger partial charge in [0.2, 0.25) is 5.91 Å². The Bertz CT molecular complexity index is 1680. The van der Waals surface area contributed by atoms with Gasteiger partial charge in [0.05, 0.1) is 32.3 Å². The van der Waals surface area contributed by atoms with Crippen LogP contribution in [0.2, 0.25) is 10.0 Å². The summed E-state index contributed by atoms with van der Waals surface area (Å²) in [5.74, 6) is -3.68. The molecule has 3 aromatic carbocycles. The van der Waals surface area contributed by atoms with Gasteiger partial charge in [-0.1, -0.05) is 41.4 Å². The normalized spacial score (nSPS) is 18.5. The summed E-state index contributed by atoms with van der Waals surface area (Å²) in [7, 11) is 1.25. The van der Waals surface area contributed by atoms with Gasteiger partial charge in [0.15, 0.2) is 0 Å². The van der Waals surface area contributed by atoms with Crippen molar-refractivity contribution in [1.82, 2.24) is 14.7 Å². The molecule has 5 rings (SSSR count). The fourth-order valence-corrected chi connectivity index (χ4v) is 6.06. The molecule has 242 valence electrons. The van der Waals surface area contributed by atoms with Crippen LogP contribution in [0.25, 0.3) is 0 Å². The fourth-order valence-electron chi connectivity index (χ4n) is 5.75. The van der Waals surface area contributed by atoms with Crippen LogP contribution in [0.4, 0.5) is 26.3 Å². The molecule has 2 aliphatic heterocycles. The first-order valence-electron chi connectivity index (χ1n) is 13.7. The average molecular weight is 686 g/mol. The van der Waals surface area contributed by atoms with Gasteiger partial charge in [-0.15, -0.1) is 0 Å². The van der Waals surface area contributed by atoms with Crippen molar-refractivity contribution < 1.29 is 45.5 Å². The zero-order chi connectivity index (χ0) is 33.7. The third-order valence-corrected chi connectivity index (χ3v) is 8.86. The van der Waals surface area contributed by atoms with E-state index in [1.807, 2.05) is 0 Å². The van der Waals surface area contributed by atoms with Gasteiger partial charge in [-0.25, -0.2) is 0 Å². The number of halogens is 8. The maximum Gasteiger partial charge on any atom is 0.416 e. The topological polar surface area (TPSA) is 78.0 Å². The van der Waals surface area contributed by atoms with Crippen LogP contribution in [0.1, 0.15) is 60.1 Å². The zero-order valence-electron chi connectivity index (χ0n) is 23.8. The van der Waals surface area contributed by atoms with Crippen molar-refractivity contribution in [1.29, 1.82) is 0 Å². The lowest BCUT2D eigenvalue weighted by Crippen LogP contribution is -2.53. The van der Waals surface area contributed by atoms with Crippen LogP contribution in [0, 0.1) is 0 Å². The van der Waals surface area contributed by atoms with Gasteiger partial charge in [0.1, 0.15) is 6.54 Å². The van der Waals surface area contributed by atoms with Gasteiger partial charge >= 0.3 is 12.4 Å². The molecule has 4 amide bonds. The van der Waals surface area contributed by atoms with E-state index in [4.69, 9.17) is 23.2 Å². The van der Waals surface area contributed by atoms with Crippen LogP contribution < -0.4 is 0 Å². The number of hydrogen-bond donors (Lipinski definition) is 0. The van der Waals surface area contributed by atoms with Gasteiger partial charge in [0.25, 0.3) is 17.7 Å². The SMILES string of the molecule is CN(C(=O)c1cc(C(F)(F)F)cc(C(F)(F)F)c1)[C@@H]1CCN(C(=O)CN2C(=O)c3ccccc3C2=O)C[C@H]1c1ccc(Cl)c(Cl)c1. The minimum atomic E-state index is -5.15. The van der Waals surface area contributed by atoms with Gasteiger partial charge in [-0.3, -0.25) is 24.1 Å². The van der Waals surface area contributed by atoms with Crippen LogP contribution in [-0.4, -0.2) is 71.1 Å². The molecule has 0 radical (unpaired) electrons. The van der Waals surface area contributed by atoms with Gasteiger partial charge in [0, 0.05) is 37.7 Å². The molecule has 3 aromatic rings. The number of rotatable bonds is 5. The molecule has 2 aliphatic rings. The summed E-state index contributed by atoms with van der Waals surface area (Å²) in [5, 5.41) is 0.332. The number of amides is 4. The van der Waals surface area contributed by atoms with Gasteiger partial charge in [-0.05, 0) is 54.4 Å². The Kier molecular flexibility index (Phi) is 8.86. The van der Waals surface area contributed by atoms with Crippen molar-refractivity contribution in [2.45, 2.75) is 30.7 Å². The van der Waals surface area contributed by atoms with E-state index in [1.165, 1.54) is 36.2 Å². The molecule has 0 saturated carbocycles. The molecule has 0 unspecified atom stereocenters. The maximum absolute atomic E-state index is 13.5. The Morgan fingerprint density at radius 3 is 1.93 bits per heavy atom. The number of imide groups is 1. The molecule has 1 saturated heterocycles. The van der Waals surface area contributed by atoms with E-state index in [9.17, 15) is 45.5 Å². The first kappa shape index (κ1) is 33.3. The fraction of sp³-hybridized carbons (Fsp3) is 0.290. The van der Waals surface area contributed by atoms with Crippen LogP contribution in [-0.2, 0) is 17.1 Å². The van der Waals surface area contributed by atoms with Crippen LogP contribution >= 0.6 is 23.2 Å². The summed E-state index contributed by atoms with van der Waals surface area (Å²) in [6.07, 6.45) is -10.3. The second kappa shape index (κ2) is 12.3. The molecule has 7 nitrogen and oxygen atoms in total. The van der Waals surface area contributed by atoms with E-state index in [2.05, 4.69) is 0 Å². The summed E-state index contributed by atoms with van der Waals surface area (Å²) >= 11 is 12.3. The predicted molar refractivity (Wildman–Crippen MR) is 155 cm³/mol. The molecule has 0 bridgehead atoms. The Hall–Kier alpha value is -4.10. The second-order valence-corrected chi connectivity index (χ2v) is 11.7. The average Bonchev–Trinajstić information content (AvgIpc) is 3.25. The lowest BCUT2D eigenvalue weighted by Gasteiger charge is -2.43. The number of likely N-dealkylation sites (tertiary alicyclic amines) is 1. The smallest absolute Gasteiger partial charge is 0.340 e. The van der Waals surface area contributed by atoms with Crippen molar-refractivity contribution >= 4 is 46.8 Å². The number of fused-ring (bicyclic) bond motifs is 1. The van der Waals surface area contributed by atoms with Gasteiger partial charge < -0.3 is 9.80 Å². The Morgan fingerprint density at radius 2 is 1.41 bits per heavy atom. The molecule has 0 aliphatic carbocycles. The first-order chi connectivity index (χ1) is 21.5. The predicted octanol–water partition coefficient (Wildman–Crippen LogP) is 6.78. The number of nitrogens with zero attached hydrogens (tertiary/aromatic N) is 3. The summed E-state index contributed by atoms with van der Waals surface area (Å²) in [6.45, 7) is -0.651. The van der Waals surface area contributed by atoms with E-state index in [0.717, 1.165) is 9.80 Å². The molecule has 2 heterocycles. The lowest BCUT2D eigenvalue weighted by atomic mass is 9.84. The van der Waals surface area contributed by atoms with Crippen molar-refractivity contribution in [3.63, 3.8) is 0 Å². The number of benzene rings is 3. The van der Waals surface area contributed by atoms with Crippen LogP contribution in [0.5, 0.6) is 0 Å². The number of piperidine rings is 1. The monoisotopic (exact) mass is 685 g/mol. The Labute approximate surface area is 268 Å². The van der Waals surface area contributed by atoms with E-state index in [0.29, 0.717) is 17.7 Å². The van der Waals surface area contributed by atoms with E-state index in [1.54, 1.807) is 18.2 Å². The number of likely N-dealkylation sites (N-methyl/N-ethyl adjacent to an activating group) is 1. The second-order valence-electron chi connectivity index (χ2n) is 10.9. The highest BCUT2D eigenvalue weighted by atomic mass is 35.5. The third-order valence-electron chi connectivity index (χ3n) is 8.12. The Morgan fingerprint density at radius 1 is 0.848 bits per heavy atom. The summed E-state index contributed by atoms with van der Waals surface area (Å²) in [6, 6.07) is 10.5. The van der Waals surface area contributed by atoms with Crippen molar-refractivity contribution in [2.75, 3.05) is 26.7 Å². The third kappa shape index (κ3) is 6.43. The highest BCUT2D eigenvalue weighted by Gasteiger charge is 2.42. The number of hydrogen-bond acceptors (Lipinski definition) is 4. The molecule has 0 aromatic heterocycles. The summed E-state index contributed by atoms with van der Waals surface area (Å²) in [5.41, 5.74) is -3.27. The quantitative estimate of drug-likeness (QED) is 0.219. The zero-order valence-corrected chi connectivity index (χ0v) is 25.3. The highest BCUT2D eigenvalue weighted by molar-refractivity contribution is 6.42. The van der Waals surface area contributed by atoms with E-state index in [-0.39, 0.29) is 46.7 Å². The standard InChI is InChI=1S/C31H23Cl2F6N3O4/c1-40(27(44)17-10-18(30(34,35)36)13-19(11-17)31(37,38)39)25-8-9-41(14-22(25)16-6-7-23(32)24(33)12-16)26(43)15-42-28(45)20-4-2-3-5-21(20)29(42)46/h2-7,10-13,22,25H,8-9,14-15H2,1H3/t22-,25+/m0/s1. The van der Waals surface area contributed by atoms with Crippen molar-refractivity contribution in [3.05, 3.63) is 104 Å². The molecule has 46 heavy (non-hydrogen) atoms. The van der Waals surface area contributed by atoms with Crippen molar-refractivity contribution in [2.24, 2.45) is 0 Å². The Balaban J connectivity index is 1.43. The largest absolute Gasteiger partial charge is 0.416 e. The molecule has 2 atom stereocenters. The minimum absolute atomic E-state index is 0.00148. The van der Waals surface area contributed by atoms with Crippen LogP contribution in [0.3, 0.4) is 0 Å². The molecule has 0 N–H and O–H groups in total. The minimum Gasteiger partial charge on any atom is -0.340 e. The first-order valence-corrected chi connectivity index (χ1v) is 14.5. The maximum atomic E-state index is 13.5. The number of carbonyl (C=O) groups excluding carboxylic acids is 4. The van der Waals surface area contributed by atoms with Crippen LogP contribution in [0.15, 0.2) is 60.7 Å². The molecule has 0 spiro atoms. The highest BCUT2D eigenvalue weighted by Crippen LogP contribution is 2.38. The van der Waals surface area contributed by atoms with E-state index < -0.39 is 71.2 Å². The summed E-state index contributed by atoms with van der Waals surface area (Å²) in [4.78, 5) is 55.8. The summed E-state index contributed by atoms with van der Waals surface area (Å²) < 4.78 is 81.0. The lowest BCUT2D eigenvalue weighted by molar-refractivity contribution is -0.143.